The van der Waals surface area contributed by atoms with Gasteiger partial charge in [-0.3, -0.25) is 4.79 Å². The third-order valence-electron chi connectivity index (χ3n) is 5.26. The van der Waals surface area contributed by atoms with Crippen LogP contribution >= 0.6 is 0 Å². The Balaban J connectivity index is 2.06. The summed E-state index contributed by atoms with van der Waals surface area (Å²) >= 11 is 0. The molecule has 0 unspecified atom stereocenters. The predicted molar refractivity (Wildman–Crippen MR) is 72.6 cm³/mol. The molecule has 0 spiro atoms. The molecule has 0 aromatic heterocycles. The van der Waals surface area contributed by atoms with Crippen LogP contribution < -0.4 is 5.73 Å². The van der Waals surface area contributed by atoms with Gasteiger partial charge in [0.1, 0.15) is 0 Å². The normalized spacial score (nSPS) is 30.4. The lowest BCUT2D eigenvalue weighted by atomic mass is 9.57. The first-order valence-corrected chi connectivity index (χ1v) is 7.02. The molecule has 96 valence electrons. The number of hydrogen-bond acceptors (Lipinski definition) is 1. The van der Waals surface area contributed by atoms with Crippen LogP contribution in [0.4, 0.5) is 0 Å². The SMILES string of the molecule is Cc1c(C(N)=O)cccc1C12CCC(CC1)CC2. The Labute approximate surface area is 109 Å². The minimum Gasteiger partial charge on any atom is -0.366 e. The highest BCUT2D eigenvalue weighted by atomic mass is 16.1. The zero-order chi connectivity index (χ0) is 12.8. The van der Waals surface area contributed by atoms with E-state index in [-0.39, 0.29) is 5.91 Å². The van der Waals surface area contributed by atoms with Crippen LogP contribution in [0.2, 0.25) is 0 Å². The zero-order valence-corrected chi connectivity index (χ0v) is 11.0. The molecular weight excluding hydrogens is 222 g/mol. The van der Waals surface area contributed by atoms with Gasteiger partial charge in [0, 0.05) is 5.56 Å². The van der Waals surface area contributed by atoms with Crippen molar-refractivity contribution >= 4 is 5.91 Å². The minimum absolute atomic E-state index is 0.296. The van der Waals surface area contributed by atoms with Crippen molar-refractivity contribution in [2.24, 2.45) is 11.7 Å². The van der Waals surface area contributed by atoms with Crippen molar-refractivity contribution < 1.29 is 4.79 Å². The van der Waals surface area contributed by atoms with E-state index in [1.165, 1.54) is 44.1 Å². The molecule has 2 N–H and O–H groups in total. The van der Waals surface area contributed by atoms with E-state index in [1.807, 2.05) is 12.1 Å². The number of carbonyl (C=O) groups is 1. The molecule has 1 amide bonds. The monoisotopic (exact) mass is 243 g/mol. The summed E-state index contributed by atoms with van der Waals surface area (Å²) in [7, 11) is 0. The molecule has 1 aromatic carbocycles. The fourth-order valence-electron chi connectivity index (χ4n) is 4.13. The Morgan fingerprint density at radius 3 is 2.39 bits per heavy atom. The molecule has 2 bridgehead atoms. The Morgan fingerprint density at radius 1 is 1.22 bits per heavy atom. The lowest BCUT2D eigenvalue weighted by Crippen LogP contribution is -2.38. The lowest BCUT2D eigenvalue weighted by Gasteiger charge is -2.47. The third-order valence-corrected chi connectivity index (χ3v) is 5.26. The third kappa shape index (κ3) is 1.66. The number of nitrogens with two attached hydrogens (primary N) is 1. The van der Waals surface area contributed by atoms with Crippen molar-refractivity contribution in [2.75, 3.05) is 0 Å². The Hall–Kier alpha value is -1.31. The Bertz CT molecular complexity index is 470. The van der Waals surface area contributed by atoms with Crippen molar-refractivity contribution in [3.63, 3.8) is 0 Å². The van der Waals surface area contributed by atoms with Gasteiger partial charge < -0.3 is 5.73 Å². The molecule has 1 aromatic rings. The number of rotatable bonds is 2. The van der Waals surface area contributed by atoms with Crippen LogP contribution in [0.5, 0.6) is 0 Å². The molecule has 0 aliphatic heterocycles. The largest absolute Gasteiger partial charge is 0.366 e. The average molecular weight is 243 g/mol. The highest BCUT2D eigenvalue weighted by Crippen LogP contribution is 2.52. The number of hydrogen-bond donors (Lipinski definition) is 1. The van der Waals surface area contributed by atoms with E-state index < -0.39 is 0 Å². The van der Waals surface area contributed by atoms with E-state index in [0.29, 0.717) is 11.0 Å². The fourth-order valence-corrected chi connectivity index (χ4v) is 4.13. The first-order chi connectivity index (χ1) is 8.62. The van der Waals surface area contributed by atoms with Gasteiger partial charge in [0.2, 0.25) is 5.91 Å². The van der Waals surface area contributed by atoms with Gasteiger partial charge in [-0.2, -0.15) is 0 Å². The van der Waals surface area contributed by atoms with E-state index >= 15 is 0 Å². The van der Waals surface area contributed by atoms with Gasteiger partial charge in [-0.05, 0) is 74.0 Å². The maximum atomic E-state index is 11.5. The first kappa shape index (κ1) is 11.8. The summed E-state index contributed by atoms with van der Waals surface area (Å²) in [5.41, 5.74) is 9.01. The summed E-state index contributed by atoms with van der Waals surface area (Å²) in [6.07, 6.45) is 7.96. The highest BCUT2D eigenvalue weighted by molar-refractivity contribution is 5.94. The maximum Gasteiger partial charge on any atom is 0.248 e. The summed E-state index contributed by atoms with van der Waals surface area (Å²) in [4.78, 5) is 11.5. The summed E-state index contributed by atoms with van der Waals surface area (Å²) in [5, 5.41) is 0. The average Bonchev–Trinajstić information content (AvgIpc) is 2.40. The van der Waals surface area contributed by atoms with Crippen LogP contribution in [-0.2, 0) is 5.41 Å². The minimum atomic E-state index is -0.296. The smallest absolute Gasteiger partial charge is 0.248 e. The molecule has 3 aliphatic carbocycles. The molecule has 0 atom stereocenters. The quantitative estimate of drug-likeness (QED) is 0.850. The number of benzene rings is 1. The zero-order valence-electron chi connectivity index (χ0n) is 11.0. The van der Waals surface area contributed by atoms with E-state index in [9.17, 15) is 4.79 Å². The predicted octanol–water partition coefficient (Wildman–Crippen LogP) is 3.32. The van der Waals surface area contributed by atoms with Crippen molar-refractivity contribution in [2.45, 2.75) is 50.9 Å². The van der Waals surface area contributed by atoms with E-state index in [4.69, 9.17) is 5.73 Å². The molecule has 3 saturated carbocycles. The highest BCUT2D eigenvalue weighted by Gasteiger charge is 2.42. The molecule has 3 aliphatic rings. The van der Waals surface area contributed by atoms with Gasteiger partial charge in [0.15, 0.2) is 0 Å². The van der Waals surface area contributed by atoms with Crippen LogP contribution in [0, 0.1) is 12.8 Å². The topological polar surface area (TPSA) is 43.1 Å². The van der Waals surface area contributed by atoms with Gasteiger partial charge in [-0.1, -0.05) is 12.1 Å². The molecule has 0 heterocycles. The van der Waals surface area contributed by atoms with Crippen molar-refractivity contribution in [3.05, 3.63) is 34.9 Å². The van der Waals surface area contributed by atoms with Crippen molar-refractivity contribution in [3.8, 4) is 0 Å². The van der Waals surface area contributed by atoms with E-state index in [1.54, 1.807) is 0 Å². The van der Waals surface area contributed by atoms with Crippen LogP contribution in [0.15, 0.2) is 18.2 Å². The maximum absolute atomic E-state index is 11.5. The molecule has 2 heteroatoms. The molecule has 0 radical (unpaired) electrons. The van der Waals surface area contributed by atoms with Crippen LogP contribution in [0.3, 0.4) is 0 Å². The van der Waals surface area contributed by atoms with Gasteiger partial charge in [0.05, 0.1) is 0 Å². The van der Waals surface area contributed by atoms with Crippen molar-refractivity contribution in [1.82, 2.24) is 0 Å². The van der Waals surface area contributed by atoms with Crippen molar-refractivity contribution in [1.29, 1.82) is 0 Å². The van der Waals surface area contributed by atoms with Gasteiger partial charge in [-0.25, -0.2) is 0 Å². The molecule has 0 saturated heterocycles. The molecular formula is C16H21NO. The Morgan fingerprint density at radius 2 is 1.83 bits per heavy atom. The number of fused-ring (bicyclic) bond motifs is 3. The lowest BCUT2D eigenvalue weighted by molar-refractivity contribution is 0.0998. The molecule has 3 fully saturated rings. The number of carbonyl (C=O) groups excluding carboxylic acids is 1. The van der Waals surface area contributed by atoms with E-state index in [0.717, 1.165) is 11.5 Å². The Kier molecular flexibility index (Phi) is 2.69. The number of primary amides is 1. The van der Waals surface area contributed by atoms with Gasteiger partial charge in [0.25, 0.3) is 0 Å². The summed E-state index contributed by atoms with van der Waals surface area (Å²) < 4.78 is 0. The second-order valence-electron chi connectivity index (χ2n) is 6.10. The van der Waals surface area contributed by atoms with Crippen LogP contribution in [-0.4, -0.2) is 5.91 Å². The molecule has 4 rings (SSSR count). The summed E-state index contributed by atoms with van der Waals surface area (Å²) in [6.45, 7) is 2.06. The van der Waals surface area contributed by atoms with Gasteiger partial charge in [-0.15, -0.1) is 0 Å². The second kappa shape index (κ2) is 4.11. The first-order valence-electron chi connectivity index (χ1n) is 7.02. The van der Waals surface area contributed by atoms with E-state index in [2.05, 4.69) is 13.0 Å². The molecule has 2 nitrogen and oxygen atoms in total. The summed E-state index contributed by atoms with van der Waals surface area (Å²) in [6, 6.07) is 6.07. The second-order valence-corrected chi connectivity index (χ2v) is 6.10. The van der Waals surface area contributed by atoms with Gasteiger partial charge >= 0.3 is 0 Å². The summed E-state index contributed by atoms with van der Waals surface area (Å²) in [5.74, 6) is 0.668. The van der Waals surface area contributed by atoms with Crippen LogP contribution in [0.1, 0.15) is 60.0 Å². The fraction of sp³-hybridized carbons (Fsp3) is 0.562. The van der Waals surface area contributed by atoms with Crippen LogP contribution in [0.25, 0.3) is 0 Å². The number of amides is 1. The standard InChI is InChI=1S/C16H21NO/c1-11-13(15(17)18)3-2-4-14(11)16-8-5-12(6-9-16)7-10-16/h2-4,12H,5-10H2,1H3,(H2,17,18). The molecule has 18 heavy (non-hydrogen) atoms.